The molecular formula is C19H22N2O7S. The van der Waals surface area contributed by atoms with Gasteiger partial charge in [-0.05, 0) is 29.8 Å². The second-order valence-electron chi connectivity index (χ2n) is 5.92. The Balaban J connectivity index is 2.53. The highest BCUT2D eigenvalue weighted by Crippen LogP contribution is 2.22. The first-order chi connectivity index (χ1) is 13.8. The third-order valence-corrected chi connectivity index (χ3v) is 5.84. The molecule has 0 unspecified atom stereocenters. The quantitative estimate of drug-likeness (QED) is 0.559. The number of nitrogens with zero attached hydrogens (tertiary/aromatic N) is 2. The number of ether oxygens (including phenoxy) is 3. The van der Waals surface area contributed by atoms with Gasteiger partial charge in [0.15, 0.2) is 0 Å². The molecule has 1 aromatic carbocycles. The second kappa shape index (κ2) is 10.1. The number of carbonyl (C=O) groups excluding carboxylic acids is 2. The Morgan fingerprint density at radius 1 is 1.03 bits per heavy atom. The molecule has 29 heavy (non-hydrogen) atoms. The molecule has 0 spiro atoms. The van der Waals surface area contributed by atoms with E-state index < -0.39 is 22.0 Å². The normalized spacial score (nSPS) is 11.3. The molecule has 0 saturated carbocycles. The van der Waals surface area contributed by atoms with Crippen molar-refractivity contribution in [2.24, 2.45) is 0 Å². The van der Waals surface area contributed by atoms with Crippen LogP contribution < -0.4 is 0 Å². The Morgan fingerprint density at radius 3 is 2.14 bits per heavy atom. The number of hydrogen-bond acceptors (Lipinski definition) is 8. The standard InChI is InChI=1S/C19H22N2O7S/c1-26-8-7-21(13-14-5-4-6-20-12-14)29(24,25)17-10-15(18(22)27-2)9-16(11-17)19(23)28-3/h4-6,9-12H,7-8,13H2,1-3H3. The highest BCUT2D eigenvalue weighted by molar-refractivity contribution is 7.89. The van der Waals surface area contributed by atoms with Gasteiger partial charge >= 0.3 is 11.9 Å². The van der Waals surface area contributed by atoms with Crippen molar-refractivity contribution in [1.29, 1.82) is 0 Å². The average Bonchev–Trinajstić information content (AvgIpc) is 2.75. The van der Waals surface area contributed by atoms with Crippen LogP contribution in [0.2, 0.25) is 0 Å². The summed E-state index contributed by atoms with van der Waals surface area (Å²) in [6.07, 6.45) is 3.14. The van der Waals surface area contributed by atoms with Crippen LogP contribution in [0, 0.1) is 0 Å². The molecule has 2 rings (SSSR count). The molecule has 9 nitrogen and oxygen atoms in total. The Bertz CT molecular complexity index is 928. The van der Waals surface area contributed by atoms with Gasteiger partial charge in [-0.1, -0.05) is 6.07 Å². The van der Waals surface area contributed by atoms with Crippen LogP contribution in [0.15, 0.2) is 47.6 Å². The van der Waals surface area contributed by atoms with Gasteiger partial charge in [0.05, 0.1) is 36.8 Å². The SMILES string of the molecule is COCCN(Cc1cccnc1)S(=O)(=O)c1cc(C(=O)OC)cc(C(=O)OC)c1. The van der Waals surface area contributed by atoms with Crippen molar-refractivity contribution in [3.8, 4) is 0 Å². The van der Waals surface area contributed by atoms with Crippen LogP contribution in [-0.2, 0) is 30.8 Å². The molecule has 0 aliphatic carbocycles. The molecule has 0 saturated heterocycles. The summed E-state index contributed by atoms with van der Waals surface area (Å²) in [6.45, 7) is 0.249. The van der Waals surface area contributed by atoms with E-state index in [0.717, 1.165) is 26.4 Å². The topological polar surface area (TPSA) is 112 Å². The van der Waals surface area contributed by atoms with E-state index in [1.165, 1.54) is 17.5 Å². The number of hydrogen-bond donors (Lipinski definition) is 0. The van der Waals surface area contributed by atoms with Crippen LogP contribution in [0.5, 0.6) is 0 Å². The second-order valence-corrected chi connectivity index (χ2v) is 7.86. The summed E-state index contributed by atoms with van der Waals surface area (Å²) in [6, 6.07) is 6.99. The Morgan fingerprint density at radius 2 is 1.66 bits per heavy atom. The summed E-state index contributed by atoms with van der Waals surface area (Å²) in [5.41, 5.74) is 0.508. The maximum Gasteiger partial charge on any atom is 0.337 e. The fraction of sp³-hybridized carbons (Fsp3) is 0.316. The lowest BCUT2D eigenvalue weighted by molar-refractivity contribution is 0.0598. The zero-order valence-corrected chi connectivity index (χ0v) is 17.1. The number of aromatic nitrogens is 1. The number of sulfonamides is 1. The van der Waals surface area contributed by atoms with E-state index in [-0.39, 0.29) is 35.7 Å². The van der Waals surface area contributed by atoms with Gasteiger partial charge in [0.1, 0.15) is 0 Å². The highest BCUT2D eigenvalue weighted by Gasteiger charge is 2.27. The summed E-state index contributed by atoms with van der Waals surface area (Å²) >= 11 is 0. The lowest BCUT2D eigenvalue weighted by Gasteiger charge is -2.22. The molecular weight excluding hydrogens is 400 g/mol. The third-order valence-electron chi connectivity index (χ3n) is 4.01. The van der Waals surface area contributed by atoms with Gasteiger partial charge in [0.25, 0.3) is 0 Å². The van der Waals surface area contributed by atoms with Crippen molar-refractivity contribution in [2.45, 2.75) is 11.4 Å². The first-order valence-electron chi connectivity index (χ1n) is 8.53. The molecule has 0 fully saturated rings. The number of rotatable bonds is 9. The van der Waals surface area contributed by atoms with Gasteiger partial charge in [-0.25, -0.2) is 18.0 Å². The smallest absolute Gasteiger partial charge is 0.337 e. The highest BCUT2D eigenvalue weighted by atomic mass is 32.2. The summed E-state index contributed by atoms with van der Waals surface area (Å²) in [7, 11) is -0.307. The van der Waals surface area contributed by atoms with Crippen LogP contribution in [0.4, 0.5) is 0 Å². The van der Waals surface area contributed by atoms with Crippen molar-refractivity contribution in [1.82, 2.24) is 9.29 Å². The number of carbonyl (C=O) groups is 2. The monoisotopic (exact) mass is 422 g/mol. The number of esters is 2. The minimum Gasteiger partial charge on any atom is -0.465 e. The molecule has 1 aromatic heterocycles. The van der Waals surface area contributed by atoms with Crippen LogP contribution in [0.1, 0.15) is 26.3 Å². The molecule has 0 aliphatic heterocycles. The van der Waals surface area contributed by atoms with Crippen LogP contribution >= 0.6 is 0 Å². The Labute approximate surface area is 169 Å². The summed E-state index contributed by atoms with van der Waals surface area (Å²) in [4.78, 5) is 27.7. The molecule has 0 N–H and O–H groups in total. The molecule has 1 heterocycles. The molecule has 10 heteroatoms. The van der Waals surface area contributed by atoms with E-state index in [0.29, 0.717) is 5.56 Å². The van der Waals surface area contributed by atoms with Gasteiger partial charge in [-0.15, -0.1) is 0 Å². The van der Waals surface area contributed by atoms with Gasteiger partial charge in [-0.3, -0.25) is 4.98 Å². The predicted octanol–water partition coefficient (Wildman–Crippen LogP) is 1.49. The van der Waals surface area contributed by atoms with Crippen molar-refractivity contribution in [2.75, 3.05) is 34.5 Å². The van der Waals surface area contributed by atoms with Gasteiger partial charge in [-0.2, -0.15) is 4.31 Å². The zero-order chi connectivity index (χ0) is 21.4. The van der Waals surface area contributed by atoms with Crippen molar-refractivity contribution in [3.05, 3.63) is 59.4 Å². The molecule has 0 amide bonds. The van der Waals surface area contributed by atoms with Crippen molar-refractivity contribution < 1.29 is 32.2 Å². The van der Waals surface area contributed by atoms with E-state index in [1.807, 2.05) is 0 Å². The fourth-order valence-corrected chi connectivity index (χ4v) is 4.02. The summed E-state index contributed by atoms with van der Waals surface area (Å²) < 4.78 is 42.2. The van der Waals surface area contributed by atoms with Crippen LogP contribution in [0.25, 0.3) is 0 Å². The number of methoxy groups -OCH3 is 3. The maximum absolute atomic E-state index is 13.3. The fourth-order valence-electron chi connectivity index (χ4n) is 2.54. The molecule has 0 aliphatic rings. The lowest BCUT2D eigenvalue weighted by atomic mass is 10.1. The van der Waals surface area contributed by atoms with E-state index in [4.69, 9.17) is 4.74 Å². The van der Waals surface area contributed by atoms with Crippen LogP contribution in [-0.4, -0.2) is 64.1 Å². The zero-order valence-electron chi connectivity index (χ0n) is 16.3. The summed E-state index contributed by atoms with van der Waals surface area (Å²) in [5, 5.41) is 0. The largest absolute Gasteiger partial charge is 0.465 e. The third kappa shape index (κ3) is 5.59. The first kappa shape index (κ1) is 22.5. The van der Waals surface area contributed by atoms with E-state index in [9.17, 15) is 18.0 Å². The minimum absolute atomic E-state index is 0.0372. The first-order valence-corrected chi connectivity index (χ1v) is 9.97. The van der Waals surface area contributed by atoms with E-state index in [2.05, 4.69) is 14.5 Å². The van der Waals surface area contributed by atoms with E-state index in [1.54, 1.807) is 24.5 Å². The minimum atomic E-state index is -4.09. The molecule has 156 valence electrons. The molecule has 0 atom stereocenters. The molecule has 2 aromatic rings. The molecule has 0 radical (unpaired) electrons. The van der Waals surface area contributed by atoms with Gasteiger partial charge in [0.2, 0.25) is 10.0 Å². The van der Waals surface area contributed by atoms with Crippen molar-refractivity contribution >= 4 is 22.0 Å². The van der Waals surface area contributed by atoms with Gasteiger partial charge in [0, 0.05) is 32.6 Å². The maximum atomic E-state index is 13.3. The number of benzene rings is 1. The van der Waals surface area contributed by atoms with E-state index >= 15 is 0 Å². The lowest BCUT2D eigenvalue weighted by Crippen LogP contribution is -2.34. The number of pyridine rings is 1. The Hall–Kier alpha value is -2.82. The van der Waals surface area contributed by atoms with Gasteiger partial charge < -0.3 is 14.2 Å². The molecule has 0 bridgehead atoms. The van der Waals surface area contributed by atoms with Crippen LogP contribution in [0.3, 0.4) is 0 Å². The van der Waals surface area contributed by atoms with Crippen molar-refractivity contribution in [3.63, 3.8) is 0 Å². The predicted molar refractivity (Wildman–Crippen MR) is 103 cm³/mol. The Kier molecular flexibility index (Phi) is 7.82. The average molecular weight is 422 g/mol. The summed E-state index contributed by atoms with van der Waals surface area (Å²) in [5.74, 6) is -1.55.